The first kappa shape index (κ1) is 31.2. The highest BCUT2D eigenvalue weighted by atomic mass is 35.5. The van der Waals surface area contributed by atoms with Crippen LogP contribution < -0.4 is 9.62 Å². The molecule has 3 aromatic carbocycles. The molecule has 3 aromatic rings. The Morgan fingerprint density at radius 2 is 1.52 bits per heavy atom. The number of nitrogens with one attached hydrogen (secondary N) is 1. The molecule has 40 heavy (non-hydrogen) atoms. The molecule has 0 aromatic heterocycles. The molecule has 0 heterocycles. The van der Waals surface area contributed by atoms with E-state index in [1.54, 1.807) is 36.4 Å². The van der Waals surface area contributed by atoms with E-state index in [1.807, 2.05) is 65.0 Å². The van der Waals surface area contributed by atoms with Crippen molar-refractivity contribution in [1.29, 1.82) is 0 Å². The smallest absolute Gasteiger partial charge is 0.264 e. The highest BCUT2D eigenvalue weighted by Crippen LogP contribution is 2.31. The van der Waals surface area contributed by atoms with Crippen molar-refractivity contribution in [1.82, 2.24) is 10.2 Å². The van der Waals surface area contributed by atoms with Crippen LogP contribution in [0.2, 0.25) is 5.02 Å². The van der Waals surface area contributed by atoms with Gasteiger partial charge in [0, 0.05) is 12.1 Å². The van der Waals surface area contributed by atoms with Gasteiger partial charge in [-0.1, -0.05) is 78.7 Å². The number of hydrogen-bond acceptors (Lipinski definition) is 4. The van der Waals surface area contributed by atoms with Gasteiger partial charge in [-0.15, -0.1) is 0 Å². The number of amides is 2. The number of benzene rings is 3. The summed E-state index contributed by atoms with van der Waals surface area (Å²) in [4.78, 5) is 28.9. The number of para-hydroxylation sites is 1. The first-order valence-electron chi connectivity index (χ1n) is 13.3. The molecule has 0 spiro atoms. The molecule has 0 aliphatic rings. The number of rotatable bonds is 11. The Morgan fingerprint density at radius 3 is 2.10 bits per heavy atom. The van der Waals surface area contributed by atoms with Gasteiger partial charge >= 0.3 is 0 Å². The molecule has 214 valence electrons. The van der Waals surface area contributed by atoms with Gasteiger partial charge in [-0.3, -0.25) is 13.9 Å². The zero-order chi connectivity index (χ0) is 29.5. The number of halogens is 1. The molecular formula is C31H38ClN3O4S. The van der Waals surface area contributed by atoms with E-state index in [-0.39, 0.29) is 28.1 Å². The fourth-order valence-electron chi connectivity index (χ4n) is 4.35. The maximum Gasteiger partial charge on any atom is 0.264 e. The average Bonchev–Trinajstić information content (AvgIpc) is 2.89. The minimum atomic E-state index is -4.17. The third-order valence-corrected chi connectivity index (χ3v) is 8.47. The van der Waals surface area contributed by atoms with Crippen molar-refractivity contribution in [2.24, 2.45) is 0 Å². The van der Waals surface area contributed by atoms with Crippen LogP contribution in [0.15, 0.2) is 83.8 Å². The van der Waals surface area contributed by atoms with Gasteiger partial charge in [-0.2, -0.15) is 0 Å². The monoisotopic (exact) mass is 583 g/mol. The second kappa shape index (κ2) is 13.3. The lowest BCUT2D eigenvalue weighted by Crippen LogP contribution is -2.56. The highest BCUT2D eigenvalue weighted by Gasteiger charge is 2.35. The molecule has 0 aliphatic carbocycles. The van der Waals surface area contributed by atoms with Gasteiger partial charge in [0.15, 0.2) is 0 Å². The predicted molar refractivity (Wildman–Crippen MR) is 161 cm³/mol. The molecule has 0 unspecified atom stereocenters. The van der Waals surface area contributed by atoms with Crippen LogP contribution in [0.1, 0.15) is 45.2 Å². The third kappa shape index (κ3) is 8.08. The number of carbonyl (C=O) groups is 2. The molecule has 0 saturated carbocycles. The topological polar surface area (TPSA) is 86.8 Å². The lowest BCUT2D eigenvalue weighted by molar-refractivity contribution is -0.140. The van der Waals surface area contributed by atoms with E-state index < -0.39 is 34.1 Å². The van der Waals surface area contributed by atoms with Gasteiger partial charge in [-0.05, 0) is 70.4 Å². The average molecular weight is 584 g/mol. The van der Waals surface area contributed by atoms with Crippen molar-refractivity contribution in [2.75, 3.05) is 17.4 Å². The molecule has 0 radical (unpaired) electrons. The number of aryl methyl sites for hydroxylation is 1. The maximum atomic E-state index is 14.1. The van der Waals surface area contributed by atoms with Crippen LogP contribution in [0.25, 0.3) is 0 Å². The second-order valence-corrected chi connectivity index (χ2v) is 13.0. The number of hydrogen-bond donors (Lipinski definition) is 1. The van der Waals surface area contributed by atoms with E-state index in [1.165, 1.54) is 17.0 Å². The normalized spacial score (nSPS) is 12.4. The molecule has 2 amide bonds. The summed E-state index contributed by atoms with van der Waals surface area (Å²) in [6.45, 7) is 9.05. The third-order valence-electron chi connectivity index (χ3n) is 6.38. The number of carbonyl (C=O) groups excluding carboxylic acids is 2. The van der Waals surface area contributed by atoms with E-state index in [4.69, 9.17) is 11.6 Å². The summed E-state index contributed by atoms with van der Waals surface area (Å²) >= 11 is 6.46. The molecule has 9 heteroatoms. The SMILES string of the molecule is CC[C@@H](C(=O)NC(C)(C)C)N(CCc1ccccc1)C(=O)CN(c1ccccc1Cl)S(=O)(=O)c1ccc(C)cc1. The van der Waals surface area contributed by atoms with E-state index in [2.05, 4.69) is 5.32 Å². The summed E-state index contributed by atoms with van der Waals surface area (Å²) in [5.74, 6) is -0.787. The van der Waals surface area contributed by atoms with Gasteiger partial charge in [0.05, 0.1) is 15.6 Å². The minimum absolute atomic E-state index is 0.0409. The van der Waals surface area contributed by atoms with Gasteiger partial charge in [0.2, 0.25) is 11.8 Å². The summed E-state index contributed by atoms with van der Waals surface area (Å²) in [6.07, 6.45) is 0.863. The fourth-order valence-corrected chi connectivity index (χ4v) is 6.07. The fraction of sp³-hybridized carbons (Fsp3) is 0.355. The van der Waals surface area contributed by atoms with E-state index in [9.17, 15) is 18.0 Å². The van der Waals surface area contributed by atoms with Crippen LogP contribution >= 0.6 is 11.6 Å². The summed E-state index contributed by atoms with van der Waals surface area (Å²) in [5.41, 5.74) is 1.59. The molecule has 0 bridgehead atoms. The Morgan fingerprint density at radius 1 is 0.925 bits per heavy atom. The first-order valence-corrected chi connectivity index (χ1v) is 15.1. The van der Waals surface area contributed by atoms with E-state index in [0.717, 1.165) is 15.4 Å². The zero-order valence-electron chi connectivity index (χ0n) is 23.7. The van der Waals surface area contributed by atoms with Crippen LogP contribution in [-0.4, -0.2) is 49.8 Å². The lowest BCUT2D eigenvalue weighted by Gasteiger charge is -2.35. The van der Waals surface area contributed by atoms with Crippen molar-refractivity contribution in [3.05, 3.63) is 95.0 Å². The van der Waals surface area contributed by atoms with Crippen LogP contribution in [0.4, 0.5) is 5.69 Å². The lowest BCUT2D eigenvalue weighted by atomic mass is 10.1. The summed E-state index contributed by atoms with van der Waals surface area (Å²) in [5, 5.41) is 3.17. The van der Waals surface area contributed by atoms with Gasteiger partial charge in [-0.25, -0.2) is 8.42 Å². The molecule has 1 atom stereocenters. The highest BCUT2D eigenvalue weighted by molar-refractivity contribution is 7.92. The largest absolute Gasteiger partial charge is 0.350 e. The van der Waals surface area contributed by atoms with Gasteiger partial charge < -0.3 is 10.2 Å². The zero-order valence-corrected chi connectivity index (χ0v) is 25.3. The van der Waals surface area contributed by atoms with E-state index in [0.29, 0.717) is 12.8 Å². The Kier molecular flexibility index (Phi) is 10.4. The Labute approximate surface area is 243 Å². The van der Waals surface area contributed by atoms with Crippen molar-refractivity contribution >= 4 is 39.1 Å². The van der Waals surface area contributed by atoms with Gasteiger partial charge in [0.1, 0.15) is 12.6 Å². The van der Waals surface area contributed by atoms with E-state index >= 15 is 0 Å². The van der Waals surface area contributed by atoms with Crippen LogP contribution in [0.3, 0.4) is 0 Å². The number of nitrogens with zero attached hydrogens (tertiary/aromatic N) is 2. The number of sulfonamides is 1. The molecule has 1 N–H and O–H groups in total. The summed E-state index contributed by atoms with van der Waals surface area (Å²) in [7, 11) is -4.17. The molecule has 3 rings (SSSR count). The minimum Gasteiger partial charge on any atom is -0.350 e. The summed E-state index contributed by atoms with van der Waals surface area (Å²) in [6, 6.07) is 21.8. The Hall–Kier alpha value is -3.36. The van der Waals surface area contributed by atoms with Crippen LogP contribution in [0, 0.1) is 6.92 Å². The van der Waals surface area contributed by atoms with Crippen molar-refractivity contribution in [3.63, 3.8) is 0 Å². The van der Waals surface area contributed by atoms with Crippen molar-refractivity contribution in [2.45, 2.75) is 63.9 Å². The quantitative estimate of drug-likeness (QED) is 0.318. The number of anilines is 1. The first-order chi connectivity index (χ1) is 18.8. The van der Waals surface area contributed by atoms with Crippen molar-refractivity contribution < 1.29 is 18.0 Å². The summed E-state index contributed by atoms with van der Waals surface area (Å²) < 4.78 is 28.9. The molecule has 0 saturated heterocycles. The Balaban J connectivity index is 2.03. The predicted octanol–water partition coefficient (Wildman–Crippen LogP) is 5.61. The van der Waals surface area contributed by atoms with Crippen LogP contribution in [0.5, 0.6) is 0 Å². The second-order valence-electron chi connectivity index (χ2n) is 10.8. The Bertz CT molecular complexity index is 1400. The van der Waals surface area contributed by atoms with Crippen LogP contribution in [-0.2, 0) is 26.0 Å². The molecule has 7 nitrogen and oxygen atoms in total. The molecule has 0 aliphatic heterocycles. The van der Waals surface area contributed by atoms with Crippen molar-refractivity contribution in [3.8, 4) is 0 Å². The molecule has 0 fully saturated rings. The maximum absolute atomic E-state index is 14.1. The molecular weight excluding hydrogens is 546 g/mol. The van der Waals surface area contributed by atoms with Gasteiger partial charge in [0.25, 0.3) is 10.0 Å². The standard InChI is InChI=1S/C31H38ClN3O4S/c1-6-27(30(37)33-31(3,4)5)34(21-20-24-12-8-7-9-13-24)29(36)22-35(28-15-11-10-14-26(28)32)40(38,39)25-18-16-23(2)17-19-25/h7-19,27H,6,20-22H2,1-5H3,(H,33,37)/t27-/m0/s1.